The number of aryl methyl sites for hydroxylation is 1. The van der Waals surface area contributed by atoms with E-state index in [2.05, 4.69) is 25.1 Å². The van der Waals surface area contributed by atoms with E-state index in [1.165, 1.54) is 0 Å². The van der Waals surface area contributed by atoms with E-state index in [0.717, 1.165) is 0 Å². The van der Waals surface area contributed by atoms with E-state index < -0.39 is 5.92 Å². The maximum absolute atomic E-state index is 13.8. The smallest absolute Gasteiger partial charge is 0.266 e. The molecule has 8 nitrogen and oxygen atoms in total. The van der Waals surface area contributed by atoms with Crippen LogP contribution < -0.4 is 4.90 Å². The molecule has 1 aliphatic heterocycles. The minimum atomic E-state index is -2.72. The second kappa shape index (κ2) is 5.93. The van der Waals surface area contributed by atoms with Crippen LogP contribution in [0.25, 0.3) is 11.2 Å². The van der Waals surface area contributed by atoms with Crippen LogP contribution >= 0.6 is 0 Å². The van der Waals surface area contributed by atoms with E-state index >= 15 is 0 Å². The van der Waals surface area contributed by atoms with Gasteiger partial charge in [-0.3, -0.25) is 0 Å². The zero-order chi connectivity index (χ0) is 19.4. The molecule has 144 valence electrons. The molecule has 0 atom stereocenters. The van der Waals surface area contributed by atoms with Gasteiger partial charge in [-0.05, 0) is 6.92 Å². The fourth-order valence-electron chi connectivity index (χ4n) is 3.07. The van der Waals surface area contributed by atoms with Crippen molar-refractivity contribution >= 4 is 17.0 Å². The minimum absolute atomic E-state index is 0.189. The summed E-state index contributed by atoms with van der Waals surface area (Å²) in [7, 11) is 0. The zero-order valence-electron chi connectivity index (χ0n) is 15.7. The number of hydrogen-bond donors (Lipinski definition) is 0. The second-order valence-corrected chi connectivity index (χ2v) is 7.93. The van der Waals surface area contributed by atoms with Crippen LogP contribution in [0.1, 0.15) is 44.7 Å². The van der Waals surface area contributed by atoms with Crippen molar-refractivity contribution in [3.05, 3.63) is 23.9 Å². The third-order valence-corrected chi connectivity index (χ3v) is 4.46. The molecule has 1 saturated heterocycles. The maximum atomic E-state index is 13.8. The molecule has 3 aromatic rings. The van der Waals surface area contributed by atoms with E-state index in [-0.39, 0.29) is 24.9 Å². The summed E-state index contributed by atoms with van der Waals surface area (Å²) >= 11 is 0. The summed E-state index contributed by atoms with van der Waals surface area (Å²) in [6, 6.07) is 0. The highest BCUT2D eigenvalue weighted by Crippen LogP contribution is 2.34. The first-order valence-electron chi connectivity index (χ1n) is 8.78. The average molecular weight is 377 g/mol. The van der Waals surface area contributed by atoms with Gasteiger partial charge >= 0.3 is 0 Å². The number of aromatic nitrogens is 6. The number of rotatable bonds is 3. The Morgan fingerprint density at radius 3 is 2.59 bits per heavy atom. The standard InChI is InChI=1S/C17H21F2N7O/c1-10-21-11(27-24-10)7-26-9-20-12-13(25-6-5-17(18,19)8-25)22-15(16(2,3)4)23-14(12)26/h9H,5-8H2,1-4H3. The van der Waals surface area contributed by atoms with Gasteiger partial charge in [-0.15, -0.1) is 0 Å². The summed E-state index contributed by atoms with van der Waals surface area (Å²) in [4.78, 5) is 19.5. The van der Waals surface area contributed by atoms with Gasteiger partial charge in [0.2, 0.25) is 5.89 Å². The molecule has 4 heterocycles. The Morgan fingerprint density at radius 2 is 2.00 bits per heavy atom. The van der Waals surface area contributed by atoms with Gasteiger partial charge in [0, 0.05) is 18.4 Å². The molecular weight excluding hydrogens is 356 g/mol. The van der Waals surface area contributed by atoms with Crippen LogP contribution in [0, 0.1) is 6.92 Å². The molecule has 0 saturated carbocycles. The molecule has 0 unspecified atom stereocenters. The van der Waals surface area contributed by atoms with E-state index in [1.807, 2.05) is 20.8 Å². The first-order chi connectivity index (χ1) is 12.6. The number of imidazole rings is 1. The van der Waals surface area contributed by atoms with Crippen LogP contribution in [0.5, 0.6) is 0 Å². The first-order valence-corrected chi connectivity index (χ1v) is 8.78. The molecule has 0 N–H and O–H groups in total. The molecule has 3 aromatic heterocycles. The number of nitrogens with zero attached hydrogens (tertiary/aromatic N) is 7. The Labute approximate surface area is 154 Å². The van der Waals surface area contributed by atoms with Gasteiger partial charge in [-0.1, -0.05) is 25.9 Å². The van der Waals surface area contributed by atoms with Crippen molar-refractivity contribution < 1.29 is 13.3 Å². The Bertz CT molecular complexity index is 989. The SMILES string of the molecule is Cc1noc(Cn2cnc3c(N4CCC(F)(F)C4)nc(C(C)(C)C)nc32)n1. The van der Waals surface area contributed by atoms with Gasteiger partial charge in [0.15, 0.2) is 22.8 Å². The molecule has 4 rings (SSSR count). The lowest BCUT2D eigenvalue weighted by Crippen LogP contribution is -2.27. The van der Waals surface area contributed by atoms with Crippen molar-refractivity contribution in [3.63, 3.8) is 0 Å². The fraction of sp³-hybridized carbons (Fsp3) is 0.588. The Kier molecular flexibility index (Phi) is 3.90. The summed E-state index contributed by atoms with van der Waals surface area (Å²) in [5.41, 5.74) is 0.717. The molecular formula is C17H21F2N7O. The quantitative estimate of drug-likeness (QED) is 0.694. The molecule has 10 heteroatoms. The van der Waals surface area contributed by atoms with Gasteiger partial charge in [-0.2, -0.15) is 4.98 Å². The number of anilines is 1. The number of fused-ring (bicyclic) bond motifs is 1. The van der Waals surface area contributed by atoms with Crippen LogP contribution in [-0.4, -0.2) is 48.7 Å². The van der Waals surface area contributed by atoms with E-state index in [9.17, 15) is 8.78 Å². The normalized spacial score (nSPS) is 17.2. The zero-order valence-corrected chi connectivity index (χ0v) is 15.7. The fourth-order valence-corrected chi connectivity index (χ4v) is 3.07. The topological polar surface area (TPSA) is 85.8 Å². The highest BCUT2D eigenvalue weighted by atomic mass is 19.3. The van der Waals surface area contributed by atoms with Crippen LogP contribution in [0.15, 0.2) is 10.9 Å². The summed E-state index contributed by atoms with van der Waals surface area (Å²) in [5, 5.41) is 3.79. The summed E-state index contributed by atoms with van der Waals surface area (Å²) in [6.07, 6.45) is 1.41. The summed E-state index contributed by atoms with van der Waals surface area (Å²) < 4.78 is 34.5. The lowest BCUT2D eigenvalue weighted by Gasteiger charge is -2.22. The van der Waals surface area contributed by atoms with Gasteiger partial charge in [0.05, 0.1) is 12.9 Å². The van der Waals surface area contributed by atoms with Crippen molar-refractivity contribution in [2.45, 2.75) is 52.0 Å². The first kappa shape index (κ1) is 17.7. The number of hydrogen-bond acceptors (Lipinski definition) is 7. The number of alkyl halides is 2. The molecule has 0 aliphatic carbocycles. The highest BCUT2D eigenvalue weighted by Gasteiger charge is 2.40. The molecule has 0 spiro atoms. The van der Waals surface area contributed by atoms with Crippen LogP contribution in [0.3, 0.4) is 0 Å². The van der Waals surface area contributed by atoms with Gasteiger partial charge in [0.25, 0.3) is 5.92 Å². The summed E-state index contributed by atoms with van der Waals surface area (Å²) in [5.74, 6) is -0.731. The van der Waals surface area contributed by atoms with Crippen LogP contribution in [0.4, 0.5) is 14.6 Å². The molecule has 0 bridgehead atoms. The molecule has 0 aromatic carbocycles. The average Bonchev–Trinajstić information content (AvgIpc) is 3.26. The van der Waals surface area contributed by atoms with Crippen LogP contribution in [0.2, 0.25) is 0 Å². The van der Waals surface area contributed by atoms with Crippen LogP contribution in [-0.2, 0) is 12.0 Å². The Hall–Kier alpha value is -2.65. The predicted molar refractivity (Wildman–Crippen MR) is 93.9 cm³/mol. The minimum Gasteiger partial charge on any atom is -0.348 e. The van der Waals surface area contributed by atoms with E-state index in [1.54, 1.807) is 22.7 Å². The second-order valence-electron chi connectivity index (χ2n) is 7.93. The van der Waals surface area contributed by atoms with E-state index in [4.69, 9.17) is 4.52 Å². The predicted octanol–water partition coefficient (Wildman–Crippen LogP) is 2.71. The molecule has 27 heavy (non-hydrogen) atoms. The molecule has 0 radical (unpaired) electrons. The van der Waals surface area contributed by atoms with Crippen molar-refractivity contribution in [2.24, 2.45) is 0 Å². The Balaban J connectivity index is 1.82. The molecule has 1 fully saturated rings. The lowest BCUT2D eigenvalue weighted by molar-refractivity contribution is 0.0257. The van der Waals surface area contributed by atoms with Gasteiger partial charge in [-0.25, -0.2) is 23.7 Å². The Morgan fingerprint density at radius 1 is 1.22 bits per heavy atom. The van der Waals surface area contributed by atoms with Crippen molar-refractivity contribution in [2.75, 3.05) is 18.0 Å². The summed E-state index contributed by atoms with van der Waals surface area (Å²) in [6.45, 7) is 7.87. The van der Waals surface area contributed by atoms with Crippen molar-refractivity contribution in [1.29, 1.82) is 0 Å². The lowest BCUT2D eigenvalue weighted by atomic mass is 9.96. The third kappa shape index (κ3) is 3.35. The highest BCUT2D eigenvalue weighted by molar-refractivity contribution is 5.84. The molecule has 0 amide bonds. The number of halogens is 2. The molecule has 1 aliphatic rings. The van der Waals surface area contributed by atoms with E-state index in [0.29, 0.717) is 41.1 Å². The third-order valence-electron chi connectivity index (χ3n) is 4.46. The van der Waals surface area contributed by atoms with Crippen molar-refractivity contribution in [3.8, 4) is 0 Å². The largest absolute Gasteiger partial charge is 0.348 e. The van der Waals surface area contributed by atoms with Crippen molar-refractivity contribution in [1.82, 2.24) is 29.7 Å². The maximum Gasteiger partial charge on any atom is 0.266 e. The van der Waals surface area contributed by atoms with Gasteiger partial charge < -0.3 is 14.0 Å². The monoisotopic (exact) mass is 377 g/mol. The van der Waals surface area contributed by atoms with Gasteiger partial charge in [0.1, 0.15) is 12.4 Å².